The fourth-order valence-electron chi connectivity index (χ4n) is 4.96. The zero-order valence-electron chi connectivity index (χ0n) is 25.7. The summed E-state index contributed by atoms with van der Waals surface area (Å²) in [5, 5.41) is 11.0. The molecule has 2 aromatic heterocycles. The molecule has 0 unspecified atom stereocenters. The van der Waals surface area contributed by atoms with Gasteiger partial charge in [0.2, 0.25) is 5.95 Å². The molecule has 2 N–H and O–H groups in total. The van der Waals surface area contributed by atoms with Crippen molar-refractivity contribution in [3.05, 3.63) is 66.4 Å². The van der Waals surface area contributed by atoms with Gasteiger partial charge in [-0.3, -0.25) is 4.90 Å². The summed E-state index contributed by atoms with van der Waals surface area (Å²) in [6.07, 6.45) is 2.65. The Morgan fingerprint density at radius 3 is 2.45 bits per heavy atom. The van der Waals surface area contributed by atoms with Gasteiger partial charge < -0.3 is 25.0 Å². The maximum atomic E-state index is 12.4. The van der Waals surface area contributed by atoms with Crippen molar-refractivity contribution in [3.63, 3.8) is 0 Å². The van der Waals surface area contributed by atoms with E-state index in [0.717, 1.165) is 42.0 Å². The molecular formula is C31H39N7O5S. The molecule has 1 amide bonds. The minimum atomic E-state index is -3.21. The molecule has 0 aliphatic carbocycles. The van der Waals surface area contributed by atoms with Gasteiger partial charge in [0.25, 0.3) is 0 Å². The van der Waals surface area contributed by atoms with E-state index in [9.17, 15) is 13.2 Å². The molecule has 1 saturated heterocycles. The van der Waals surface area contributed by atoms with Gasteiger partial charge in [-0.2, -0.15) is 0 Å². The Bertz CT molecular complexity index is 1740. The lowest BCUT2D eigenvalue weighted by molar-refractivity contribution is 0.0139. The molecular weight excluding hydrogens is 582 g/mol. The van der Waals surface area contributed by atoms with E-state index < -0.39 is 15.4 Å². The highest BCUT2D eigenvalue weighted by molar-refractivity contribution is 7.90. The van der Waals surface area contributed by atoms with Crippen molar-refractivity contribution in [1.82, 2.24) is 24.4 Å². The van der Waals surface area contributed by atoms with Crippen LogP contribution in [0.25, 0.3) is 16.8 Å². The largest absolute Gasteiger partial charge is 0.495 e. The summed E-state index contributed by atoms with van der Waals surface area (Å²) < 4.78 is 36.5. The molecule has 0 radical (unpaired) electrons. The summed E-state index contributed by atoms with van der Waals surface area (Å²) in [7, 11) is -1.58. The predicted octanol–water partition coefficient (Wildman–Crippen LogP) is 4.62. The number of rotatable bonds is 9. The lowest BCUT2D eigenvalue weighted by atomic mass is 10.1. The third kappa shape index (κ3) is 7.77. The minimum Gasteiger partial charge on any atom is -0.495 e. The predicted molar refractivity (Wildman–Crippen MR) is 171 cm³/mol. The second-order valence-corrected chi connectivity index (χ2v) is 14.0. The first kappa shape index (κ1) is 31.1. The summed E-state index contributed by atoms with van der Waals surface area (Å²) in [4.78, 5) is 20.9. The molecule has 1 aliphatic heterocycles. The van der Waals surface area contributed by atoms with Gasteiger partial charge in [-0.1, -0.05) is 24.3 Å². The number of nitrogens with zero attached hydrogens (tertiary/aromatic N) is 5. The number of benzene rings is 2. The van der Waals surface area contributed by atoms with Crippen LogP contribution in [0, 0.1) is 0 Å². The Kier molecular flexibility index (Phi) is 8.97. The van der Waals surface area contributed by atoms with E-state index in [1.165, 1.54) is 6.26 Å². The second-order valence-electron chi connectivity index (χ2n) is 11.8. The molecule has 1 fully saturated rings. The van der Waals surface area contributed by atoms with Crippen LogP contribution >= 0.6 is 0 Å². The van der Waals surface area contributed by atoms with Gasteiger partial charge in [0.05, 0.1) is 30.2 Å². The molecule has 3 heterocycles. The summed E-state index contributed by atoms with van der Waals surface area (Å²) >= 11 is 0. The lowest BCUT2D eigenvalue weighted by Gasteiger charge is -2.35. The van der Waals surface area contributed by atoms with Gasteiger partial charge in [-0.05, 0) is 56.7 Å². The van der Waals surface area contributed by atoms with Crippen molar-refractivity contribution in [1.29, 1.82) is 0 Å². The first-order chi connectivity index (χ1) is 20.9. The number of piperazine rings is 1. The van der Waals surface area contributed by atoms with Crippen LogP contribution in [0.3, 0.4) is 0 Å². The van der Waals surface area contributed by atoms with E-state index >= 15 is 0 Å². The van der Waals surface area contributed by atoms with Crippen molar-refractivity contribution in [2.24, 2.45) is 0 Å². The maximum Gasteiger partial charge on any atom is 0.410 e. The number of carbonyl (C=O) groups is 1. The Morgan fingerprint density at radius 1 is 1.00 bits per heavy atom. The quantitative estimate of drug-likeness (QED) is 0.273. The smallest absolute Gasteiger partial charge is 0.410 e. The molecule has 4 aromatic rings. The summed E-state index contributed by atoms with van der Waals surface area (Å²) in [6.45, 7) is 9.08. The molecule has 13 heteroatoms. The molecule has 234 valence electrons. The van der Waals surface area contributed by atoms with Crippen LogP contribution in [-0.2, 0) is 21.1 Å². The van der Waals surface area contributed by atoms with Gasteiger partial charge in [0.1, 0.15) is 17.2 Å². The van der Waals surface area contributed by atoms with Crippen molar-refractivity contribution in [2.75, 3.05) is 56.1 Å². The van der Waals surface area contributed by atoms with Gasteiger partial charge >= 0.3 is 6.09 Å². The number of methoxy groups -OCH3 is 1. The highest BCUT2D eigenvalue weighted by atomic mass is 32.2. The van der Waals surface area contributed by atoms with Crippen LogP contribution in [-0.4, -0.2) is 89.9 Å². The zero-order chi connectivity index (χ0) is 31.5. The average molecular weight is 622 g/mol. The van der Waals surface area contributed by atoms with E-state index in [1.54, 1.807) is 22.7 Å². The molecule has 12 nitrogen and oxygen atoms in total. The Labute approximate surface area is 257 Å². The fourth-order valence-corrected chi connectivity index (χ4v) is 5.38. The number of carbonyl (C=O) groups excluding carboxylic acids is 1. The van der Waals surface area contributed by atoms with Gasteiger partial charge in [0, 0.05) is 50.2 Å². The van der Waals surface area contributed by atoms with E-state index in [1.807, 2.05) is 75.4 Å². The summed E-state index contributed by atoms with van der Waals surface area (Å²) in [6, 6.07) is 17.3. The van der Waals surface area contributed by atoms with E-state index in [-0.39, 0.29) is 12.0 Å². The molecule has 0 bridgehead atoms. The van der Waals surface area contributed by atoms with E-state index in [4.69, 9.17) is 14.6 Å². The average Bonchev–Trinajstić information content (AvgIpc) is 3.39. The van der Waals surface area contributed by atoms with Crippen molar-refractivity contribution >= 4 is 38.8 Å². The summed E-state index contributed by atoms with van der Waals surface area (Å²) in [5.41, 5.74) is 4.37. The number of fused-ring (bicyclic) bond motifs is 1. The number of hydrogen-bond acceptors (Lipinski definition) is 10. The van der Waals surface area contributed by atoms with Crippen molar-refractivity contribution < 1.29 is 22.7 Å². The zero-order valence-corrected chi connectivity index (χ0v) is 26.5. The number of anilines is 3. The number of aromatic nitrogens is 3. The standard InChI is InChI=1S/C31H39N7O5S/c1-31(2,3)43-30(39)37-16-14-36(15-17-37)20-22-10-12-26(28(18-22)42-4)34-29-32-19-23-11-13-27(38(23)35-29)24-8-6-7-9-25(24)33-21-44(5,40)41/h6-13,18-19,33H,14-17,20-21H2,1-5H3,(H,34,35). The van der Waals surface area contributed by atoms with Crippen LogP contribution in [0.5, 0.6) is 5.75 Å². The third-order valence-electron chi connectivity index (χ3n) is 7.07. The van der Waals surface area contributed by atoms with Crippen LogP contribution in [0.4, 0.5) is 22.1 Å². The molecule has 2 aromatic carbocycles. The highest BCUT2D eigenvalue weighted by Gasteiger charge is 2.26. The Morgan fingerprint density at radius 2 is 1.75 bits per heavy atom. The number of amides is 1. The monoisotopic (exact) mass is 621 g/mol. The Hall–Kier alpha value is -4.36. The summed E-state index contributed by atoms with van der Waals surface area (Å²) in [5.74, 6) is 0.857. The molecule has 5 rings (SSSR count). The van der Waals surface area contributed by atoms with Gasteiger partial charge in [-0.25, -0.2) is 22.7 Å². The van der Waals surface area contributed by atoms with Crippen LogP contribution in [0.1, 0.15) is 26.3 Å². The third-order valence-corrected chi connectivity index (χ3v) is 7.74. The topological polar surface area (TPSA) is 130 Å². The van der Waals surface area contributed by atoms with Crippen LogP contribution < -0.4 is 15.4 Å². The molecule has 0 spiro atoms. The fraction of sp³-hybridized carbons (Fsp3) is 0.387. The maximum absolute atomic E-state index is 12.4. The number of sulfone groups is 1. The van der Waals surface area contributed by atoms with Gasteiger partial charge in [0.15, 0.2) is 9.84 Å². The van der Waals surface area contributed by atoms with Crippen molar-refractivity contribution in [2.45, 2.75) is 32.9 Å². The number of nitrogens with one attached hydrogen (secondary N) is 2. The molecule has 1 aliphatic rings. The van der Waals surface area contributed by atoms with Crippen LogP contribution in [0.15, 0.2) is 60.8 Å². The highest BCUT2D eigenvalue weighted by Crippen LogP contribution is 2.31. The second kappa shape index (κ2) is 12.7. The van der Waals surface area contributed by atoms with Crippen LogP contribution in [0.2, 0.25) is 0 Å². The SMILES string of the molecule is COc1cc(CN2CCN(C(=O)OC(C)(C)C)CC2)ccc1Nc1ncc2ccc(-c3ccccc3NCS(C)(=O)=O)n2n1. The number of hydrogen-bond donors (Lipinski definition) is 2. The molecule has 0 atom stereocenters. The lowest BCUT2D eigenvalue weighted by Crippen LogP contribution is -2.49. The Balaban J connectivity index is 1.29. The normalized spacial score (nSPS) is 14.4. The molecule has 0 saturated carbocycles. The number of para-hydroxylation sites is 1. The minimum absolute atomic E-state index is 0.173. The first-order valence-corrected chi connectivity index (χ1v) is 16.4. The molecule has 44 heavy (non-hydrogen) atoms. The van der Waals surface area contributed by atoms with Gasteiger partial charge in [-0.15, -0.1) is 5.10 Å². The van der Waals surface area contributed by atoms with E-state index in [2.05, 4.69) is 20.5 Å². The first-order valence-electron chi connectivity index (χ1n) is 14.4. The number of ether oxygens (including phenoxy) is 2. The van der Waals surface area contributed by atoms with E-state index in [0.29, 0.717) is 36.2 Å². The van der Waals surface area contributed by atoms with Crippen molar-refractivity contribution in [3.8, 4) is 17.0 Å².